The average molecular weight is 339 g/mol. The zero-order valence-corrected chi connectivity index (χ0v) is 15.6. The van der Waals surface area contributed by atoms with Crippen molar-refractivity contribution in [2.75, 3.05) is 6.54 Å². The molecule has 1 fully saturated rings. The van der Waals surface area contributed by atoms with Crippen molar-refractivity contribution in [1.29, 1.82) is 0 Å². The molecule has 1 saturated carbocycles. The molecule has 0 bridgehead atoms. The highest BCUT2D eigenvalue weighted by Gasteiger charge is 2.24. The molecule has 3 rings (SSSR count). The molecule has 0 atom stereocenters. The highest BCUT2D eigenvalue weighted by atomic mass is 16.3. The molecular formula is C21H29N3O. The predicted molar refractivity (Wildman–Crippen MR) is 103 cm³/mol. The van der Waals surface area contributed by atoms with Crippen molar-refractivity contribution in [1.82, 2.24) is 10.2 Å². The van der Waals surface area contributed by atoms with E-state index in [1.54, 1.807) is 6.26 Å². The van der Waals surface area contributed by atoms with E-state index in [2.05, 4.69) is 42.8 Å². The average Bonchev–Trinajstić information content (AvgIpc) is 3.14. The van der Waals surface area contributed by atoms with Crippen molar-refractivity contribution in [2.24, 2.45) is 4.99 Å². The highest BCUT2D eigenvalue weighted by molar-refractivity contribution is 5.95. The zero-order valence-electron chi connectivity index (χ0n) is 15.6. The SMILES string of the molecule is C=CN1C(C)=CC(C)=N/C1=C(/C)CNC1CCC(c2ccco2)CC1. The number of hydrogen-bond acceptors (Lipinski definition) is 4. The lowest BCUT2D eigenvalue weighted by atomic mass is 9.84. The van der Waals surface area contributed by atoms with Gasteiger partial charge in [-0.2, -0.15) is 0 Å². The quantitative estimate of drug-likeness (QED) is 0.825. The maximum atomic E-state index is 5.57. The fourth-order valence-electron chi connectivity index (χ4n) is 3.81. The lowest BCUT2D eigenvalue weighted by Gasteiger charge is -2.30. The summed E-state index contributed by atoms with van der Waals surface area (Å²) in [5.41, 5.74) is 3.46. The normalized spacial score (nSPS) is 26.1. The van der Waals surface area contributed by atoms with Crippen LogP contribution in [0.1, 0.15) is 58.1 Å². The first-order valence-corrected chi connectivity index (χ1v) is 9.20. The van der Waals surface area contributed by atoms with Crippen LogP contribution in [-0.2, 0) is 0 Å². The second-order valence-electron chi connectivity index (χ2n) is 7.14. The van der Waals surface area contributed by atoms with Gasteiger partial charge in [0.05, 0.1) is 6.26 Å². The molecule has 1 aliphatic heterocycles. The molecule has 1 aliphatic carbocycles. The Morgan fingerprint density at radius 3 is 2.76 bits per heavy atom. The van der Waals surface area contributed by atoms with E-state index in [1.807, 2.05) is 19.2 Å². The molecule has 0 aromatic carbocycles. The number of hydrogen-bond donors (Lipinski definition) is 1. The largest absolute Gasteiger partial charge is 0.469 e. The second-order valence-corrected chi connectivity index (χ2v) is 7.14. The number of nitrogens with one attached hydrogen (secondary N) is 1. The molecule has 1 N–H and O–H groups in total. The van der Waals surface area contributed by atoms with Crippen molar-refractivity contribution < 1.29 is 4.42 Å². The van der Waals surface area contributed by atoms with E-state index in [0.29, 0.717) is 12.0 Å². The van der Waals surface area contributed by atoms with Crippen molar-refractivity contribution in [2.45, 2.75) is 58.4 Å². The van der Waals surface area contributed by atoms with Gasteiger partial charge in [-0.25, -0.2) is 4.99 Å². The first-order valence-electron chi connectivity index (χ1n) is 9.20. The summed E-state index contributed by atoms with van der Waals surface area (Å²) >= 11 is 0. The Balaban J connectivity index is 1.56. The Bertz CT molecular complexity index is 689. The van der Waals surface area contributed by atoms with Crippen LogP contribution in [-0.4, -0.2) is 23.2 Å². The van der Waals surface area contributed by atoms with E-state index in [9.17, 15) is 0 Å². The van der Waals surface area contributed by atoms with Crippen molar-refractivity contribution in [3.63, 3.8) is 0 Å². The van der Waals surface area contributed by atoms with Gasteiger partial charge in [-0.15, -0.1) is 0 Å². The summed E-state index contributed by atoms with van der Waals surface area (Å²) in [5.74, 6) is 2.74. The third kappa shape index (κ3) is 4.13. The van der Waals surface area contributed by atoms with Gasteiger partial charge in [0, 0.05) is 36.1 Å². The van der Waals surface area contributed by atoms with Gasteiger partial charge in [-0.05, 0) is 70.2 Å². The zero-order chi connectivity index (χ0) is 17.8. The minimum absolute atomic E-state index is 0.573. The fraction of sp³-hybridized carbons (Fsp3) is 0.476. The van der Waals surface area contributed by atoms with Crippen LogP contribution in [0.3, 0.4) is 0 Å². The summed E-state index contributed by atoms with van der Waals surface area (Å²) < 4.78 is 5.57. The summed E-state index contributed by atoms with van der Waals surface area (Å²) in [6.45, 7) is 11.1. The maximum absolute atomic E-state index is 5.57. The molecule has 1 aromatic heterocycles. The Hall–Kier alpha value is -2.07. The third-order valence-corrected chi connectivity index (χ3v) is 5.20. The number of allylic oxidation sites excluding steroid dienone is 2. The summed E-state index contributed by atoms with van der Waals surface area (Å²) in [7, 11) is 0. The van der Waals surface area contributed by atoms with Crippen LogP contribution in [0.15, 0.2) is 63.8 Å². The third-order valence-electron chi connectivity index (χ3n) is 5.20. The molecular weight excluding hydrogens is 310 g/mol. The number of nitrogens with zero attached hydrogens (tertiary/aromatic N) is 2. The molecule has 1 aromatic rings. The lowest BCUT2D eigenvalue weighted by molar-refractivity contribution is 0.318. The van der Waals surface area contributed by atoms with Crippen LogP contribution in [0, 0.1) is 0 Å². The highest BCUT2D eigenvalue weighted by Crippen LogP contribution is 2.33. The van der Waals surface area contributed by atoms with E-state index >= 15 is 0 Å². The summed E-state index contributed by atoms with van der Waals surface area (Å²) in [6, 6.07) is 4.67. The first-order chi connectivity index (χ1) is 12.1. The molecule has 0 unspecified atom stereocenters. The Kier molecular flexibility index (Phi) is 5.59. The number of aliphatic imine (C=N–C) groups is 1. The van der Waals surface area contributed by atoms with Gasteiger partial charge in [0.15, 0.2) is 0 Å². The van der Waals surface area contributed by atoms with Crippen LogP contribution in [0.4, 0.5) is 0 Å². The van der Waals surface area contributed by atoms with Crippen molar-refractivity contribution in [3.8, 4) is 0 Å². The van der Waals surface area contributed by atoms with Gasteiger partial charge >= 0.3 is 0 Å². The molecule has 25 heavy (non-hydrogen) atoms. The summed E-state index contributed by atoms with van der Waals surface area (Å²) in [4.78, 5) is 6.78. The van der Waals surface area contributed by atoms with E-state index < -0.39 is 0 Å². The minimum atomic E-state index is 0.573. The molecule has 4 heteroatoms. The summed E-state index contributed by atoms with van der Waals surface area (Å²) in [5, 5.41) is 3.72. The summed E-state index contributed by atoms with van der Waals surface area (Å²) in [6.07, 6.45) is 10.5. The lowest BCUT2D eigenvalue weighted by Crippen LogP contribution is -2.34. The number of rotatable bonds is 5. The molecule has 0 spiro atoms. The van der Waals surface area contributed by atoms with Gasteiger partial charge in [0.25, 0.3) is 0 Å². The van der Waals surface area contributed by atoms with Crippen molar-refractivity contribution in [3.05, 3.63) is 60.1 Å². The van der Waals surface area contributed by atoms with E-state index in [4.69, 9.17) is 9.41 Å². The molecule has 0 saturated heterocycles. The molecule has 4 nitrogen and oxygen atoms in total. The fourth-order valence-corrected chi connectivity index (χ4v) is 3.81. The van der Waals surface area contributed by atoms with Crippen LogP contribution >= 0.6 is 0 Å². The predicted octanol–water partition coefficient (Wildman–Crippen LogP) is 4.95. The Morgan fingerprint density at radius 1 is 1.36 bits per heavy atom. The second kappa shape index (κ2) is 7.87. The van der Waals surface area contributed by atoms with Gasteiger partial charge in [0.2, 0.25) is 0 Å². The van der Waals surface area contributed by atoms with Crippen LogP contribution < -0.4 is 5.32 Å². The van der Waals surface area contributed by atoms with E-state index in [-0.39, 0.29) is 0 Å². The minimum Gasteiger partial charge on any atom is -0.469 e. The molecule has 134 valence electrons. The Morgan fingerprint density at radius 2 is 2.12 bits per heavy atom. The Labute approximate surface area is 151 Å². The molecule has 2 heterocycles. The molecule has 0 radical (unpaired) electrons. The monoisotopic (exact) mass is 339 g/mol. The smallest absolute Gasteiger partial charge is 0.137 e. The van der Waals surface area contributed by atoms with E-state index in [0.717, 1.165) is 29.5 Å². The maximum Gasteiger partial charge on any atom is 0.137 e. The van der Waals surface area contributed by atoms with Crippen LogP contribution in [0.25, 0.3) is 0 Å². The van der Waals surface area contributed by atoms with Gasteiger partial charge in [-0.3, -0.25) is 0 Å². The standard InChI is InChI=1S/C21H29N3O/c1-5-24-17(4)13-16(3)23-21(24)15(2)14-22-19-10-8-18(9-11-19)20-7-6-12-25-20/h5-7,12-13,18-19,22H,1,8-11,14H2,2-4H3/b21-15+. The topological polar surface area (TPSA) is 40.8 Å². The van der Waals surface area contributed by atoms with Gasteiger partial charge in [-0.1, -0.05) is 6.58 Å². The first kappa shape index (κ1) is 17.7. The molecule has 0 amide bonds. The van der Waals surface area contributed by atoms with Gasteiger partial charge in [0.1, 0.15) is 11.6 Å². The van der Waals surface area contributed by atoms with Crippen LogP contribution in [0.2, 0.25) is 0 Å². The van der Waals surface area contributed by atoms with Crippen molar-refractivity contribution >= 4 is 5.71 Å². The number of furan rings is 1. The molecule has 2 aliphatic rings. The van der Waals surface area contributed by atoms with Gasteiger partial charge < -0.3 is 14.6 Å². The van der Waals surface area contributed by atoms with Crippen LogP contribution in [0.5, 0.6) is 0 Å². The van der Waals surface area contributed by atoms with E-state index in [1.165, 1.54) is 31.3 Å².